The van der Waals surface area contributed by atoms with Crippen molar-refractivity contribution in [1.82, 2.24) is 0 Å². The summed E-state index contributed by atoms with van der Waals surface area (Å²) in [5.74, 6) is -0.380. The van der Waals surface area contributed by atoms with Crippen LogP contribution in [0.15, 0.2) is 0 Å². The molecule has 0 saturated carbocycles. The molecular formula is C12H29NO2. The molecule has 0 aromatic heterocycles. The third-order valence-corrected chi connectivity index (χ3v) is 1.60. The van der Waals surface area contributed by atoms with E-state index in [1.165, 1.54) is 39.2 Å². The molecular weight excluding hydrogens is 190 g/mol. The van der Waals surface area contributed by atoms with Crippen molar-refractivity contribution in [3.05, 3.63) is 0 Å². The van der Waals surface area contributed by atoms with Crippen molar-refractivity contribution in [2.75, 3.05) is 13.7 Å². The summed E-state index contributed by atoms with van der Waals surface area (Å²) in [7, 11) is 1.30. The Morgan fingerprint density at radius 2 is 1.47 bits per heavy atom. The Morgan fingerprint density at radius 1 is 1.07 bits per heavy atom. The number of ether oxygens (including phenoxy) is 1. The second-order valence-corrected chi connectivity index (χ2v) is 2.84. The van der Waals surface area contributed by atoms with Crippen LogP contribution in [0.5, 0.6) is 0 Å². The Bertz CT molecular complexity index is 95.8. The molecule has 0 bridgehead atoms. The molecule has 0 aliphatic carbocycles. The highest BCUT2D eigenvalue weighted by molar-refractivity contribution is 5.70. The predicted octanol–water partition coefficient (Wildman–Crippen LogP) is 3.12. The lowest BCUT2D eigenvalue weighted by Gasteiger charge is -1.90. The number of esters is 1. The average Bonchev–Trinajstić information content (AvgIpc) is 2.32. The number of nitrogens with two attached hydrogens (primary N) is 1. The first kappa shape index (κ1) is 19.9. The van der Waals surface area contributed by atoms with E-state index in [0.29, 0.717) is 0 Å². The van der Waals surface area contributed by atoms with Gasteiger partial charge in [-0.1, -0.05) is 59.8 Å². The van der Waals surface area contributed by atoms with Crippen molar-refractivity contribution < 1.29 is 9.53 Å². The van der Waals surface area contributed by atoms with Gasteiger partial charge in [-0.2, -0.15) is 0 Å². The van der Waals surface area contributed by atoms with Crippen LogP contribution in [0.2, 0.25) is 0 Å². The molecule has 0 fully saturated rings. The smallest absolute Gasteiger partial charge is 0.319 e. The molecule has 0 aromatic carbocycles. The molecule has 0 rings (SSSR count). The fourth-order valence-corrected chi connectivity index (χ4v) is 0.760. The van der Waals surface area contributed by atoms with Crippen molar-refractivity contribution in [2.45, 2.75) is 59.8 Å². The number of carbonyl (C=O) groups excluding carboxylic acids is 1. The molecule has 0 spiro atoms. The van der Waals surface area contributed by atoms with E-state index in [2.05, 4.69) is 18.6 Å². The van der Waals surface area contributed by atoms with Crippen LogP contribution in [0.25, 0.3) is 0 Å². The van der Waals surface area contributed by atoms with Gasteiger partial charge in [0.2, 0.25) is 0 Å². The summed E-state index contributed by atoms with van der Waals surface area (Å²) in [4.78, 5) is 9.83. The molecule has 0 aliphatic rings. The minimum Gasteiger partial charge on any atom is -0.468 e. The Labute approximate surface area is 95.4 Å². The summed E-state index contributed by atoms with van der Waals surface area (Å²) in [5, 5.41) is 0. The molecule has 94 valence electrons. The highest BCUT2D eigenvalue weighted by Gasteiger charge is 1.87. The maximum atomic E-state index is 9.83. The number of unbranched alkanes of at least 4 members (excludes halogenated alkanes) is 4. The molecule has 2 N–H and O–H groups in total. The molecule has 0 aliphatic heterocycles. The minimum atomic E-state index is -0.380. The lowest BCUT2D eigenvalue weighted by Crippen LogP contribution is -2.14. The van der Waals surface area contributed by atoms with E-state index in [9.17, 15) is 4.79 Å². The van der Waals surface area contributed by atoms with Crippen molar-refractivity contribution in [3.63, 3.8) is 0 Å². The van der Waals surface area contributed by atoms with Gasteiger partial charge in [0.1, 0.15) is 0 Å². The number of rotatable bonds is 5. The standard InChI is InChI=1S/C7H16.C3H7NO2.C2H6/c1-3-5-7-6-4-2;1-6-3(5)2-4;1-2/h3-7H2,1-2H3;2,4H2,1H3;1-2H3. The zero-order valence-corrected chi connectivity index (χ0v) is 11.1. The van der Waals surface area contributed by atoms with E-state index in [4.69, 9.17) is 5.73 Å². The monoisotopic (exact) mass is 219 g/mol. The minimum absolute atomic E-state index is 0.0312. The highest BCUT2D eigenvalue weighted by Crippen LogP contribution is 2.00. The van der Waals surface area contributed by atoms with E-state index >= 15 is 0 Å². The zero-order chi connectivity index (χ0) is 12.5. The van der Waals surface area contributed by atoms with Gasteiger partial charge in [0.05, 0.1) is 13.7 Å². The van der Waals surface area contributed by atoms with Gasteiger partial charge in [-0.05, 0) is 0 Å². The van der Waals surface area contributed by atoms with Crippen LogP contribution >= 0.6 is 0 Å². The van der Waals surface area contributed by atoms with Crippen molar-refractivity contribution in [3.8, 4) is 0 Å². The van der Waals surface area contributed by atoms with E-state index in [0.717, 1.165) is 0 Å². The van der Waals surface area contributed by atoms with Crippen LogP contribution in [0, 0.1) is 0 Å². The van der Waals surface area contributed by atoms with Crippen LogP contribution in [0.4, 0.5) is 0 Å². The summed E-state index contributed by atoms with van der Waals surface area (Å²) in [6, 6.07) is 0. The van der Waals surface area contributed by atoms with Gasteiger partial charge < -0.3 is 10.5 Å². The van der Waals surface area contributed by atoms with Gasteiger partial charge in [0.25, 0.3) is 0 Å². The Kier molecular flexibility index (Phi) is 31.0. The molecule has 3 nitrogen and oxygen atoms in total. The van der Waals surface area contributed by atoms with Gasteiger partial charge in [-0.25, -0.2) is 0 Å². The van der Waals surface area contributed by atoms with Crippen molar-refractivity contribution in [1.29, 1.82) is 0 Å². The molecule has 3 heteroatoms. The van der Waals surface area contributed by atoms with Crippen LogP contribution < -0.4 is 5.73 Å². The molecule has 15 heavy (non-hydrogen) atoms. The van der Waals surface area contributed by atoms with Crippen molar-refractivity contribution in [2.24, 2.45) is 5.73 Å². The largest absolute Gasteiger partial charge is 0.468 e. The number of carbonyl (C=O) groups is 1. The molecule has 0 amide bonds. The maximum absolute atomic E-state index is 9.83. The lowest BCUT2D eigenvalue weighted by molar-refractivity contribution is -0.138. The summed E-state index contributed by atoms with van der Waals surface area (Å²) < 4.78 is 4.14. The Morgan fingerprint density at radius 3 is 1.60 bits per heavy atom. The van der Waals surface area contributed by atoms with Gasteiger partial charge in [0, 0.05) is 0 Å². The van der Waals surface area contributed by atoms with Crippen molar-refractivity contribution >= 4 is 5.97 Å². The molecule has 0 aromatic rings. The third kappa shape index (κ3) is 31.8. The second-order valence-electron chi connectivity index (χ2n) is 2.84. The van der Waals surface area contributed by atoms with Crippen LogP contribution in [-0.2, 0) is 9.53 Å². The van der Waals surface area contributed by atoms with E-state index in [1.54, 1.807) is 0 Å². The molecule has 0 atom stereocenters. The van der Waals surface area contributed by atoms with Gasteiger partial charge in [0.15, 0.2) is 0 Å². The first-order valence-electron chi connectivity index (χ1n) is 5.99. The van der Waals surface area contributed by atoms with Crippen LogP contribution in [0.1, 0.15) is 59.8 Å². The maximum Gasteiger partial charge on any atom is 0.319 e. The average molecular weight is 219 g/mol. The molecule has 0 heterocycles. The van der Waals surface area contributed by atoms with E-state index in [1.807, 2.05) is 13.8 Å². The summed E-state index contributed by atoms with van der Waals surface area (Å²) >= 11 is 0. The normalized spacial score (nSPS) is 7.87. The first-order valence-corrected chi connectivity index (χ1v) is 5.99. The first-order chi connectivity index (χ1) is 7.22. The van der Waals surface area contributed by atoms with E-state index < -0.39 is 0 Å². The number of hydrogen-bond acceptors (Lipinski definition) is 3. The van der Waals surface area contributed by atoms with Gasteiger partial charge in [-0.15, -0.1) is 0 Å². The predicted molar refractivity (Wildman–Crippen MR) is 66.9 cm³/mol. The van der Waals surface area contributed by atoms with Crippen LogP contribution in [-0.4, -0.2) is 19.6 Å². The highest BCUT2D eigenvalue weighted by atomic mass is 16.5. The van der Waals surface area contributed by atoms with E-state index in [-0.39, 0.29) is 12.5 Å². The zero-order valence-electron chi connectivity index (χ0n) is 11.1. The van der Waals surface area contributed by atoms with Gasteiger partial charge in [-0.3, -0.25) is 4.79 Å². The van der Waals surface area contributed by atoms with Crippen LogP contribution in [0.3, 0.4) is 0 Å². The topological polar surface area (TPSA) is 52.3 Å². The Hall–Kier alpha value is -0.570. The fourth-order valence-electron chi connectivity index (χ4n) is 0.760. The SMILES string of the molecule is CC.CCCCCCC.COC(=O)CN. The quantitative estimate of drug-likeness (QED) is 0.571. The third-order valence-electron chi connectivity index (χ3n) is 1.60. The van der Waals surface area contributed by atoms with Gasteiger partial charge >= 0.3 is 5.97 Å². The summed E-state index contributed by atoms with van der Waals surface area (Å²) in [6.07, 6.45) is 7.01. The molecule has 0 saturated heterocycles. The lowest BCUT2D eigenvalue weighted by atomic mass is 10.2. The summed E-state index contributed by atoms with van der Waals surface area (Å²) in [5.41, 5.74) is 4.81. The summed E-state index contributed by atoms with van der Waals surface area (Å²) in [6.45, 7) is 8.46. The molecule has 0 radical (unpaired) electrons. The number of methoxy groups -OCH3 is 1. The molecule has 0 unspecified atom stereocenters. The Balaban J connectivity index is -0.000000166. The second kappa shape index (κ2) is 23.3. The fraction of sp³-hybridized carbons (Fsp3) is 0.917. The number of hydrogen-bond donors (Lipinski definition) is 1.